The summed E-state index contributed by atoms with van der Waals surface area (Å²) in [4.78, 5) is 12.6. The predicted molar refractivity (Wildman–Crippen MR) is 88.6 cm³/mol. The molecule has 1 fully saturated rings. The van der Waals surface area contributed by atoms with Crippen molar-refractivity contribution in [3.63, 3.8) is 0 Å². The maximum Gasteiger partial charge on any atom is 0.134 e. The highest BCUT2D eigenvalue weighted by molar-refractivity contribution is 7.10. The molecule has 0 aliphatic carbocycles. The molecule has 22 heavy (non-hydrogen) atoms. The molecule has 6 heteroatoms. The molecule has 5 nitrogen and oxygen atoms in total. The average molecular weight is 316 g/mol. The first-order chi connectivity index (χ1) is 10.9. The minimum Gasteiger partial charge on any atom is -0.379 e. The summed E-state index contributed by atoms with van der Waals surface area (Å²) in [7, 11) is 0. The van der Waals surface area contributed by atoms with E-state index in [0.29, 0.717) is 6.04 Å². The second-order valence-electron chi connectivity index (χ2n) is 5.86. The van der Waals surface area contributed by atoms with Crippen LogP contribution in [0, 0.1) is 0 Å². The summed E-state index contributed by atoms with van der Waals surface area (Å²) in [5, 5.41) is 5.66. The maximum absolute atomic E-state index is 5.52. The number of ether oxygens (including phenoxy) is 1. The number of hydrogen-bond acceptors (Lipinski definition) is 6. The van der Waals surface area contributed by atoms with Gasteiger partial charge in [0.15, 0.2) is 0 Å². The van der Waals surface area contributed by atoms with Crippen LogP contribution in [0.25, 0.3) is 0 Å². The molecule has 2 aliphatic rings. The summed E-state index contributed by atoms with van der Waals surface area (Å²) in [5.41, 5.74) is 1.49. The first-order valence-corrected chi connectivity index (χ1v) is 8.73. The van der Waals surface area contributed by atoms with Crippen molar-refractivity contribution in [2.45, 2.75) is 31.8 Å². The molecule has 0 saturated carbocycles. The number of aromatic nitrogens is 2. The van der Waals surface area contributed by atoms with E-state index < -0.39 is 0 Å². The van der Waals surface area contributed by atoms with Crippen molar-refractivity contribution in [1.29, 1.82) is 0 Å². The fourth-order valence-electron chi connectivity index (χ4n) is 3.09. The predicted octanol–water partition coefficient (Wildman–Crippen LogP) is 2.69. The molecular formula is C16H20N4OS. The van der Waals surface area contributed by atoms with E-state index in [2.05, 4.69) is 37.7 Å². The van der Waals surface area contributed by atoms with Gasteiger partial charge in [-0.05, 0) is 36.3 Å². The second-order valence-corrected chi connectivity index (χ2v) is 6.86. The van der Waals surface area contributed by atoms with Crippen LogP contribution in [0.3, 0.4) is 0 Å². The van der Waals surface area contributed by atoms with Crippen molar-refractivity contribution in [3.05, 3.63) is 34.3 Å². The van der Waals surface area contributed by atoms with Crippen LogP contribution >= 0.6 is 11.3 Å². The number of nitrogens with zero attached hydrogens (tertiary/aromatic N) is 3. The quantitative estimate of drug-likeness (QED) is 0.943. The van der Waals surface area contributed by atoms with Crippen LogP contribution in [0.2, 0.25) is 0 Å². The Morgan fingerprint density at radius 2 is 2.36 bits per heavy atom. The Labute approximate surface area is 134 Å². The normalized spacial score (nSPS) is 21.5. The lowest BCUT2D eigenvalue weighted by Gasteiger charge is -2.28. The molecule has 0 bridgehead atoms. The molecule has 1 unspecified atom stereocenters. The lowest BCUT2D eigenvalue weighted by Crippen LogP contribution is -2.31. The topological polar surface area (TPSA) is 50.3 Å². The Kier molecular flexibility index (Phi) is 3.95. The van der Waals surface area contributed by atoms with Crippen molar-refractivity contribution in [1.82, 2.24) is 9.97 Å². The molecule has 1 N–H and O–H groups in total. The van der Waals surface area contributed by atoms with Gasteiger partial charge in [-0.25, -0.2) is 9.97 Å². The van der Waals surface area contributed by atoms with Crippen molar-refractivity contribution >= 4 is 23.0 Å². The standard InChI is InChI=1S/C16H20N4OS/c1-2-13(10-21-6-1)19-15-8-16(18-11-17-15)20-5-3-12-4-7-22-14(12)9-20/h4,7-8,11,13H,1-3,5-6,9-10H2,(H,17,18,19). The van der Waals surface area contributed by atoms with E-state index in [1.54, 1.807) is 6.33 Å². The molecular weight excluding hydrogens is 296 g/mol. The molecule has 2 aromatic heterocycles. The number of nitrogens with one attached hydrogen (secondary N) is 1. The lowest BCUT2D eigenvalue weighted by atomic mass is 10.1. The molecule has 2 aromatic rings. The van der Waals surface area contributed by atoms with Crippen LogP contribution in [0.15, 0.2) is 23.8 Å². The van der Waals surface area contributed by atoms with Gasteiger partial charge in [0.2, 0.25) is 0 Å². The zero-order valence-electron chi connectivity index (χ0n) is 12.5. The van der Waals surface area contributed by atoms with Gasteiger partial charge in [-0.3, -0.25) is 0 Å². The van der Waals surface area contributed by atoms with E-state index in [4.69, 9.17) is 4.74 Å². The number of rotatable bonds is 3. The molecule has 4 heterocycles. The SMILES string of the molecule is c1nc(NC2CCCOC2)cc(N2CCc3ccsc3C2)n1. The summed E-state index contributed by atoms with van der Waals surface area (Å²) in [6.45, 7) is 3.62. The number of hydrogen-bond donors (Lipinski definition) is 1. The smallest absolute Gasteiger partial charge is 0.134 e. The van der Waals surface area contributed by atoms with Crippen LogP contribution in [-0.2, 0) is 17.7 Å². The van der Waals surface area contributed by atoms with Gasteiger partial charge in [-0.2, -0.15) is 0 Å². The first-order valence-electron chi connectivity index (χ1n) is 7.85. The van der Waals surface area contributed by atoms with E-state index in [9.17, 15) is 0 Å². The molecule has 116 valence electrons. The van der Waals surface area contributed by atoms with Gasteiger partial charge in [-0.1, -0.05) is 0 Å². The summed E-state index contributed by atoms with van der Waals surface area (Å²) in [6.07, 6.45) is 5.01. The Bertz CT molecular complexity index is 639. The molecule has 4 rings (SSSR count). The monoisotopic (exact) mass is 316 g/mol. The summed E-state index contributed by atoms with van der Waals surface area (Å²) in [5.74, 6) is 1.91. The maximum atomic E-state index is 5.52. The lowest BCUT2D eigenvalue weighted by molar-refractivity contribution is 0.0875. The van der Waals surface area contributed by atoms with Gasteiger partial charge in [0.05, 0.1) is 19.2 Å². The average Bonchev–Trinajstić information content (AvgIpc) is 3.04. The van der Waals surface area contributed by atoms with E-state index in [-0.39, 0.29) is 0 Å². The summed E-state index contributed by atoms with van der Waals surface area (Å²) < 4.78 is 5.52. The van der Waals surface area contributed by atoms with Crippen LogP contribution in [0.1, 0.15) is 23.3 Å². The van der Waals surface area contributed by atoms with Crippen LogP contribution in [0.4, 0.5) is 11.6 Å². The molecule has 1 atom stereocenters. The van der Waals surface area contributed by atoms with E-state index in [0.717, 1.165) is 57.2 Å². The molecule has 0 radical (unpaired) electrons. The van der Waals surface area contributed by atoms with Gasteiger partial charge in [0.1, 0.15) is 18.0 Å². The van der Waals surface area contributed by atoms with Gasteiger partial charge in [0.25, 0.3) is 0 Å². The van der Waals surface area contributed by atoms with Crippen LogP contribution in [-0.4, -0.2) is 35.8 Å². The Hall–Kier alpha value is -1.66. The Morgan fingerprint density at radius 1 is 1.36 bits per heavy atom. The zero-order valence-corrected chi connectivity index (χ0v) is 13.3. The van der Waals surface area contributed by atoms with Crippen LogP contribution < -0.4 is 10.2 Å². The Balaban J connectivity index is 1.47. The first kappa shape index (κ1) is 14.0. The largest absolute Gasteiger partial charge is 0.379 e. The molecule has 0 spiro atoms. The van der Waals surface area contributed by atoms with E-state index in [1.807, 2.05) is 11.3 Å². The third kappa shape index (κ3) is 2.94. The van der Waals surface area contributed by atoms with E-state index >= 15 is 0 Å². The highest BCUT2D eigenvalue weighted by Crippen LogP contribution is 2.27. The molecule has 0 aromatic carbocycles. The highest BCUT2D eigenvalue weighted by Gasteiger charge is 2.19. The highest BCUT2D eigenvalue weighted by atomic mass is 32.1. The number of fused-ring (bicyclic) bond motifs is 1. The van der Waals surface area contributed by atoms with Gasteiger partial charge in [-0.15, -0.1) is 11.3 Å². The third-order valence-corrected chi connectivity index (χ3v) is 5.26. The molecule has 2 aliphatic heterocycles. The minimum atomic E-state index is 0.363. The fraction of sp³-hybridized carbons (Fsp3) is 0.500. The zero-order chi connectivity index (χ0) is 14.8. The molecule has 1 saturated heterocycles. The van der Waals surface area contributed by atoms with E-state index in [1.165, 1.54) is 10.4 Å². The Morgan fingerprint density at radius 3 is 3.27 bits per heavy atom. The number of thiophene rings is 1. The van der Waals surface area contributed by atoms with Crippen LogP contribution in [0.5, 0.6) is 0 Å². The fourth-order valence-corrected chi connectivity index (χ4v) is 4.04. The van der Waals surface area contributed by atoms with Gasteiger partial charge in [0, 0.05) is 24.1 Å². The van der Waals surface area contributed by atoms with Gasteiger partial charge >= 0.3 is 0 Å². The summed E-state index contributed by atoms with van der Waals surface area (Å²) >= 11 is 1.84. The molecule has 0 amide bonds. The number of anilines is 2. The summed E-state index contributed by atoms with van der Waals surface area (Å²) in [6, 6.07) is 4.67. The van der Waals surface area contributed by atoms with Crippen molar-refractivity contribution < 1.29 is 4.74 Å². The van der Waals surface area contributed by atoms with Crippen molar-refractivity contribution in [3.8, 4) is 0 Å². The van der Waals surface area contributed by atoms with Crippen molar-refractivity contribution in [2.24, 2.45) is 0 Å². The van der Waals surface area contributed by atoms with Gasteiger partial charge < -0.3 is 15.0 Å². The third-order valence-electron chi connectivity index (χ3n) is 4.31. The van der Waals surface area contributed by atoms with Crippen molar-refractivity contribution in [2.75, 3.05) is 30.0 Å². The second kappa shape index (κ2) is 6.22. The minimum absolute atomic E-state index is 0.363.